The highest BCUT2D eigenvalue weighted by Crippen LogP contribution is 2.31. The topological polar surface area (TPSA) is 44.1 Å². The van der Waals surface area contributed by atoms with E-state index in [1.807, 2.05) is 6.07 Å². The van der Waals surface area contributed by atoms with Crippen LogP contribution in [0.1, 0.15) is 48.5 Å². The summed E-state index contributed by atoms with van der Waals surface area (Å²) in [6.07, 6.45) is 5.70. The second kappa shape index (κ2) is 5.88. The lowest BCUT2D eigenvalue weighted by Gasteiger charge is -2.36. The Kier molecular flexibility index (Phi) is 4.21. The van der Waals surface area contributed by atoms with Crippen LogP contribution in [0.25, 0.3) is 0 Å². The van der Waals surface area contributed by atoms with Gasteiger partial charge in [-0.3, -0.25) is 4.79 Å². The van der Waals surface area contributed by atoms with Crippen LogP contribution in [0.15, 0.2) is 18.2 Å². The van der Waals surface area contributed by atoms with Gasteiger partial charge >= 0.3 is 0 Å². The van der Waals surface area contributed by atoms with E-state index in [-0.39, 0.29) is 0 Å². The number of aldehydes is 1. The summed E-state index contributed by atoms with van der Waals surface area (Å²) in [5.41, 5.74) is 2.09. The molecule has 1 fully saturated rings. The fourth-order valence-electron chi connectivity index (χ4n) is 2.97. The quantitative estimate of drug-likeness (QED) is 0.779. The standard InChI is InChI=1S/C16H20N2O/c1-12-4-3-5-15(8-12)18(2)16-7-6-13(11-19)9-14(16)10-17/h6-7,9,11-12,15H,3-5,8H2,1-2H3. The van der Waals surface area contributed by atoms with Crippen LogP contribution in [0.2, 0.25) is 0 Å². The Morgan fingerprint density at radius 3 is 2.84 bits per heavy atom. The molecule has 0 N–H and O–H groups in total. The molecule has 0 saturated heterocycles. The predicted molar refractivity (Wildman–Crippen MR) is 76.4 cm³/mol. The zero-order chi connectivity index (χ0) is 13.8. The lowest BCUT2D eigenvalue weighted by Crippen LogP contribution is -2.36. The summed E-state index contributed by atoms with van der Waals surface area (Å²) in [5, 5.41) is 9.25. The van der Waals surface area contributed by atoms with Crippen molar-refractivity contribution in [2.75, 3.05) is 11.9 Å². The highest BCUT2D eigenvalue weighted by molar-refractivity contribution is 5.78. The minimum Gasteiger partial charge on any atom is -0.371 e. The number of benzene rings is 1. The number of nitrogens with zero attached hydrogens (tertiary/aromatic N) is 2. The van der Waals surface area contributed by atoms with E-state index in [1.54, 1.807) is 12.1 Å². The van der Waals surface area contributed by atoms with Crippen LogP contribution >= 0.6 is 0 Å². The van der Waals surface area contributed by atoms with Crippen molar-refractivity contribution >= 4 is 12.0 Å². The van der Waals surface area contributed by atoms with Gasteiger partial charge in [-0.1, -0.05) is 19.8 Å². The molecule has 0 bridgehead atoms. The number of carbonyl (C=O) groups is 1. The van der Waals surface area contributed by atoms with Gasteiger partial charge in [0.05, 0.1) is 11.3 Å². The first-order valence-corrected chi connectivity index (χ1v) is 6.88. The fourth-order valence-corrected chi connectivity index (χ4v) is 2.97. The molecule has 2 rings (SSSR count). The van der Waals surface area contributed by atoms with Crippen LogP contribution in [0.4, 0.5) is 5.69 Å². The lowest BCUT2D eigenvalue weighted by molar-refractivity contribution is 0.112. The molecule has 1 aliphatic rings. The van der Waals surface area contributed by atoms with E-state index in [1.165, 1.54) is 25.7 Å². The first-order chi connectivity index (χ1) is 9.15. The molecule has 1 aromatic rings. The van der Waals surface area contributed by atoms with Crippen LogP contribution < -0.4 is 4.90 Å². The minimum atomic E-state index is 0.498. The van der Waals surface area contributed by atoms with Crippen LogP contribution in [-0.2, 0) is 0 Å². The molecule has 0 radical (unpaired) electrons. The molecule has 2 atom stereocenters. The summed E-state index contributed by atoms with van der Waals surface area (Å²) < 4.78 is 0. The van der Waals surface area contributed by atoms with Crippen LogP contribution in [0.3, 0.4) is 0 Å². The van der Waals surface area contributed by atoms with E-state index in [2.05, 4.69) is 24.9 Å². The summed E-state index contributed by atoms with van der Waals surface area (Å²) in [7, 11) is 2.06. The van der Waals surface area contributed by atoms with Crippen molar-refractivity contribution in [1.29, 1.82) is 5.26 Å². The molecule has 19 heavy (non-hydrogen) atoms. The number of hydrogen-bond donors (Lipinski definition) is 0. The molecular formula is C16H20N2O. The average molecular weight is 256 g/mol. The van der Waals surface area contributed by atoms with E-state index >= 15 is 0 Å². The van der Waals surface area contributed by atoms with Gasteiger partial charge < -0.3 is 4.90 Å². The van der Waals surface area contributed by atoms with E-state index in [0.717, 1.165) is 17.9 Å². The molecule has 0 heterocycles. The first-order valence-electron chi connectivity index (χ1n) is 6.88. The van der Waals surface area contributed by atoms with Gasteiger partial charge in [-0.25, -0.2) is 0 Å². The molecule has 3 nitrogen and oxygen atoms in total. The molecule has 0 spiro atoms. The third-order valence-electron chi connectivity index (χ3n) is 4.11. The van der Waals surface area contributed by atoms with Gasteiger partial charge in [0.25, 0.3) is 0 Å². The van der Waals surface area contributed by atoms with E-state index < -0.39 is 0 Å². The van der Waals surface area contributed by atoms with E-state index in [9.17, 15) is 10.1 Å². The van der Waals surface area contributed by atoms with Crippen molar-refractivity contribution in [2.45, 2.75) is 38.6 Å². The summed E-state index contributed by atoms with van der Waals surface area (Å²) >= 11 is 0. The van der Waals surface area contributed by atoms with Crippen molar-refractivity contribution < 1.29 is 4.79 Å². The number of nitriles is 1. The Balaban J connectivity index is 2.25. The molecule has 3 heteroatoms. The third-order valence-corrected chi connectivity index (χ3v) is 4.11. The number of anilines is 1. The second-order valence-electron chi connectivity index (χ2n) is 5.54. The summed E-state index contributed by atoms with van der Waals surface area (Å²) in [5.74, 6) is 0.751. The molecule has 0 aromatic heterocycles. The number of carbonyl (C=O) groups excluding carboxylic acids is 1. The summed E-state index contributed by atoms with van der Waals surface area (Å²) in [4.78, 5) is 13.0. The zero-order valence-electron chi connectivity index (χ0n) is 11.6. The van der Waals surface area contributed by atoms with Gasteiger partial charge in [-0.15, -0.1) is 0 Å². The maximum Gasteiger partial charge on any atom is 0.150 e. The molecule has 2 unspecified atom stereocenters. The monoisotopic (exact) mass is 256 g/mol. The van der Waals surface area contributed by atoms with Gasteiger partial charge in [0.1, 0.15) is 12.4 Å². The highest BCUT2D eigenvalue weighted by atomic mass is 16.1. The van der Waals surface area contributed by atoms with Crippen molar-refractivity contribution in [3.63, 3.8) is 0 Å². The molecule has 1 aromatic carbocycles. The van der Waals surface area contributed by atoms with Gasteiger partial charge in [-0.05, 0) is 37.0 Å². The SMILES string of the molecule is CC1CCCC(N(C)c2ccc(C=O)cc2C#N)C1. The largest absolute Gasteiger partial charge is 0.371 e. The van der Waals surface area contributed by atoms with E-state index in [4.69, 9.17) is 0 Å². The second-order valence-corrected chi connectivity index (χ2v) is 5.54. The fraction of sp³-hybridized carbons (Fsp3) is 0.500. The minimum absolute atomic E-state index is 0.498. The van der Waals surface area contributed by atoms with Gasteiger partial charge in [0, 0.05) is 18.7 Å². The Morgan fingerprint density at radius 2 is 2.21 bits per heavy atom. The smallest absolute Gasteiger partial charge is 0.150 e. The van der Waals surface area contributed by atoms with Crippen molar-refractivity contribution in [1.82, 2.24) is 0 Å². The molecule has 100 valence electrons. The molecule has 1 aliphatic carbocycles. The Labute approximate surface area is 114 Å². The normalized spacial score (nSPS) is 22.6. The molecule has 0 aliphatic heterocycles. The van der Waals surface area contributed by atoms with Crippen LogP contribution in [0, 0.1) is 17.2 Å². The van der Waals surface area contributed by atoms with Gasteiger partial charge in [-0.2, -0.15) is 5.26 Å². The Bertz CT molecular complexity index is 504. The highest BCUT2D eigenvalue weighted by Gasteiger charge is 2.23. The predicted octanol–water partition coefficient (Wildman–Crippen LogP) is 3.39. The molecule has 1 saturated carbocycles. The maximum absolute atomic E-state index is 10.8. The number of hydrogen-bond acceptors (Lipinski definition) is 3. The van der Waals surface area contributed by atoms with Crippen molar-refractivity contribution in [3.05, 3.63) is 29.3 Å². The molecule has 0 amide bonds. The maximum atomic E-state index is 10.8. The Hall–Kier alpha value is -1.82. The summed E-state index contributed by atoms with van der Waals surface area (Å²) in [6.45, 7) is 2.29. The average Bonchev–Trinajstić information content (AvgIpc) is 2.45. The van der Waals surface area contributed by atoms with E-state index in [0.29, 0.717) is 17.2 Å². The first kappa shape index (κ1) is 13.6. The van der Waals surface area contributed by atoms with Gasteiger partial charge in [0.15, 0.2) is 0 Å². The molecular weight excluding hydrogens is 236 g/mol. The van der Waals surface area contributed by atoms with Crippen molar-refractivity contribution in [3.8, 4) is 6.07 Å². The van der Waals surface area contributed by atoms with Crippen LogP contribution in [-0.4, -0.2) is 19.4 Å². The van der Waals surface area contributed by atoms with Crippen LogP contribution in [0.5, 0.6) is 0 Å². The zero-order valence-corrected chi connectivity index (χ0v) is 11.6. The summed E-state index contributed by atoms with van der Waals surface area (Å²) in [6, 6.07) is 8.04. The third kappa shape index (κ3) is 2.96. The van der Waals surface area contributed by atoms with Gasteiger partial charge in [0.2, 0.25) is 0 Å². The number of rotatable bonds is 3. The van der Waals surface area contributed by atoms with Crippen molar-refractivity contribution in [2.24, 2.45) is 5.92 Å². The Morgan fingerprint density at radius 1 is 1.42 bits per heavy atom. The lowest BCUT2D eigenvalue weighted by atomic mass is 9.86.